The molecule has 0 aliphatic heterocycles. The molecule has 7 heteroatoms. The maximum atomic E-state index is 12.5. The Balaban J connectivity index is 2.75. The molecule has 0 radical (unpaired) electrons. The lowest BCUT2D eigenvalue weighted by Gasteiger charge is -1.91. The number of fused-ring (bicyclic) bond motifs is 1. The van der Waals surface area contributed by atoms with Gasteiger partial charge in [-0.25, -0.2) is 0 Å². The van der Waals surface area contributed by atoms with Crippen molar-refractivity contribution in [2.75, 3.05) is 0 Å². The highest BCUT2D eigenvalue weighted by molar-refractivity contribution is 7.86. The quantitative estimate of drug-likeness (QED) is 0.686. The fourth-order valence-electron chi connectivity index (χ4n) is 0.972. The van der Waals surface area contributed by atoms with E-state index in [1.54, 1.807) is 0 Å². The Labute approximate surface area is 72.8 Å². The summed E-state index contributed by atoms with van der Waals surface area (Å²) in [6, 6.07) is 3.64. The zero-order chi connectivity index (χ0) is 9.47. The molecule has 0 bridgehead atoms. The largest absolute Gasteiger partial charge is 0.332 e. The summed E-state index contributed by atoms with van der Waals surface area (Å²) in [5.74, 6) is 0. The molecule has 0 saturated heterocycles. The van der Waals surface area contributed by atoms with Crippen molar-refractivity contribution in [1.82, 2.24) is 15.4 Å². The highest BCUT2D eigenvalue weighted by Gasteiger charge is 2.12. The highest BCUT2D eigenvalue weighted by Crippen LogP contribution is 2.16. The molecule has 1 N–H and O–H groups in total. The number of nitrogens with one attached hydrogen (secondary N) is 1. The minimum Gasteiger partial charge on any atom is -0.197 e. The number of aromatic nitrogens is 3. The second kappa shape index (κ2) is 2.49. The molecule has 1 aromatic heterocycles. The molecule has 0 saturated carbocycles. The van der Waals surface area contributed by atoms with E-state index in [9.17, 15) is 12.3 Å². The third-order valence-electron chi connectivity index (χ3n) is 1.57. The lowest BCUT2D eigenvalue weighted by Crippen LogP contribution is -1.90. The van der Waals surface area contributed by atoms with Crippen LogP contribution in [-0.2, 0) is 10.2 Å². The van der Waals surface area contributed by atoms with Gasteiger partial charge in [-0.15, -0.1) is 3.89 Å². The fraction of sp³-hybridized carbons (Fsp3) is 0. The first-order valence-electron chi connectivity index (χ1n) is 3.32. The number of aromatic amines is 1. The summed E-state index contributed by atoms with van der Waals surface area (Å²) in [6.45, 7) is 0. The average molecular weight is 201 g/mol. The van der Waals surface area contributed by atoms with Crippen molar-refractivity contribution in [3.05, 3.63) is 18.2 Å². The van der Waals surface area contributed by atoms with Gasteiger partial charge in [-0.05, 0) is 18.2 Å². The minimum absolute atomic E-state index is 0.318. The fourth-order valence-corrected chi connectivity index (χ4v) is 1.45. The van der Waals surface area contributed by atoms with Crippen molar-refractivity contribution >= 4 is 21.3 Å². The summed E-state index contributed by atoms with van der Waals surface area (Å²) >= 11 is 0. The average Bonchev–Trinajstić information content (AvgIpc) is 2.47. The zero-order valence-corrected chi connectivity index (χ0v) is 7.05. The van der Waals surface area contributed by atoms with E-state index in [4.69, 9.17) is 0 Å². The van der Waals surface area contributed by atoms with Crippen molar-refractivity contribution in [3.8, 4) is 0 Å². The Morgan fingerprint density at radius 3 is 2.62 bits per heavy atom. The van der Waals surface area contributed by atoms with Gasteiger partial charge in [0.2, 0.25) is 0 Å². The predicted molar refractivity (Wildman–Crippen MR) is 42.2 cm³/mol. The summed E-state index contributed by atoms with van der Waals surface area (Å²) in [7, 11) is -4.65. The number of hydrogen-bond donors (Lipinski definition) is 1. The molecule has 1 heterocycles. The third-order valence-corrected chi connectivity index (χ3v) is 2.39. The van der Waals surface area contributed by atoms with Gasteiger partial charge < -0.3 is 0 Å². The van der Waals surface area contributed by atoms with E-state index in [1.165, 1.54) is 6.07 Å². The number of nitrogens with zero attached hydrogens (tertiary/aromatic N) is 2. The van der Waals surface area contributed by atoms with Crippen molar-refractivity contribution < 1.29 is 12.3 Å². The SMILES string of the molecule is O=S(=O)(F)c1ccc2n[nH]nc2c1. The first kappa shape index (κ1) is 8.11. The first-order chi connectivity index (χ1) is 6.07. The first-order valence-corrected chi connectivity index (χ1v) is 4.71. The molecule has 68 valence electrons. The second-order valence-corrected chi connectivity index (χ2v) is 3.76. The molecule has 0 aliphatic carbocycles. The number of hydrogen-bond acceptors (Lipinski definition) is 4. The summed E-state index contributed by atoms with van der Waals surface area (Å²) < 4.78 is 33.4. The zero-order valence-electron chi connectivity index (χ0n) is 6.23. The summed E-state index contributed by atoms with van der Waals surface area (Å²) in [5, 5.41) is 9.61. The minimum atomic E-state index is -4.65. The van der Waals surface area contributed by atoms with E-state index in [2.05, 4.69) is 15.4 Å². The van der Waals surface area contributed by atoms with Crippen LogP contribution in [0.15, 0.2) is 23.1 Å². The summed E-state index contributed by atoms with van der Waals surface area (Å²) in [5.41, 5.74) is 0.811. The molecule has 2 rings (SSSR count). The smallest absolute Gasteiger partial charge is 0.197 e. The second-order valence-electron chi connectivity index (χ2n) is 2.41. The molecule has 0 atom stereocenters. The topological polar surface area (TPSA) is 75.7 Å². The highest BCUT2D eigenvalue weighted by atomic mass is 32.3. The number of rotatable bonds is 1. The van der Waals surface area contributed by atoms with Gasteiger partial charge >= 0.3 is 10.2 Å². The van der Waals surface area contributed by atoms with E-state index in [-0.39, 0.29) is 0 Å². The van der Waals surface area contributed by atoms with Gasteiger partial charge in [0.1, 0.15) is 15.9 Å². The molecule has 13 heavy (non-hydrogen) atoms. The van der Waals surface area contributed by atoms with Gasteiger partial charge in [0.05, 0.1) is 0 Å². The van der Waals surface area contributed by atoms with Crippen LogP contribution in [0, 0.1) is 0 Å². The van der Waals surface area contributed by atoms with Crippen LogP contribution in [-0.4, -0.2) is 23.8 Å². The van der Waals surface area contributed by atoms with Gasteiger partial charge in [0, 0.05) is 0 Å². The Bertz CT molecular complexity index is 548. The summed E-state index contributed by atoms with van der Waals surface area (Å²) in [6.07, 6.45) is 0. The maximum absolute atomic E-state index is 12.5. The van der Waals surface area contributed by atoms with Gasteiger partial charge in [0.25, 0.3) is 0 Å². The molecule has 0 amide bonds. The summed E-state index contributed by atoms with van der Waals surface area (Å²) in [4.78, 5) is -0.408. The van der Waals surface area contributed by atoms with Crippen LogP contribution >= 0.6 is 0 Å². The van der Waals surface area contributed by atoms with Gasteiger partial charge in [-0.3, -0.25) is 0 Å². The lowest BCUT2D eigenvalue weighted by atomic mass is 10.3. The number of H-pyrrole nitrogens is 1. The Morgan fingerprint density at radius 1 is 1.23 bits per heavy atom. The lowest BCUT2D eigenvalue weighted by molar-refractivity contribution is 0.552. The third kappa shape index (κ3) is 1.37. The van der Waals surface area contributed by atoms with Crippen LogP contribution in [0.25, 0.3) is 11.0 Å². The van der Waals surface area contributed by atoms with E-state index in [1.807, 2.05) is 0 Å². The monoisotopic (exact) mass is 201 g/mol. The molecule has 0 fully saturated rings. The normalized spacial score (nSPS) is 12.1. The van der Waals surface area contributed by atoms with Crippen LogP contribution < -0.4 is 0 Å². The molecular weight excluding hydrogens is 197 g/mol. The van der Waals surface area contributed by atoms with Crippen LogP contribution in [0.1, 0.15) is 0 Å². The standard InChI is InChI=1S/C6H4FN3O2S/c7-13(11,12)4-1-2-5-6(3-4)9-10-8-5/h1-3H,(H,8,9,10). The van der Waals surface area contributed by atoms with E-state index >= 15 is 0 Å². The van der Waals surface area contributed by atoms with E-state index in [0.29, 0.717) is 11.0 Å². The number of halogens is 1. The maximum Gasteiger partial charge on any atom is 0.332 e. The van der Waals surface area contributed by atoms with Crippen molar-refractivity contribution in [1.29, 1.82) is 0 Å². The molecule has 0 spiro atoms. The van der Waals surface area contributed by atoms with Crippen LogP contribution in [0.2, 0.25) is 0 Å². The van der Waals surface area contributed by atoms with E-state index in [0.717, 1.165) is 12.1 Å². The van der Waals surface area contributed by atoms with Crippen molar-refractivity contribution in [2.45, 2.75) is 4.90 Å². The van der Waals surface area contributed by atoms with Crippen LogP contribution in [0.3, 0.4) is 0 Å². The predicted octanol–water partition coefficient (Wildman–Crippen LogP) is 0.616. The van der Waals surface area contributed by atoms with Gasteiger partial charge in [0.15, 0.2) is 0 Å². The van der Waals surface area contributed by atoms with E-state index < -0.39 is 15.1 Å². The van der Waals surface area contributed by atoms with Gasteiger partial charge in [-0.1, -0.05) is 0 Å². The molecule has 5 nitrogen and oxygen atoms in total. The Morgan fingerprint density at radius 2 is 1.92 bits per heavy atom. The molecular formula is C6H4FN3O2S. The number of benzene rings is 1. The molecule has 0 unspecified atom stereocenters. The van der Waals surface area contributed by atoms with Gasteiger partial charge in [-0.2, -0.15) is 23.8 Å². The molecule has 1 aromatic carbocycles. The molecule has 0 aliphatic rings. The van der Waals surface area contributed by atoms with Crippen LogP contribution in [0.5, 0.6) is 0 Å². The molecule has 2 aromatic rings. The Hall–Kier alpha value is -1.50. The van der Waals surface area contributed by atoms with Crippen LogP contribution in [0.4, 0.5) is 3.89 Å². The van der Waals surface area contributed by atoms with Crippen molar-refractivity contribution in [2.24, 2.45) is 0 Å². The van der Waals surface area contributed by atoms with Crippen molar-refractivity contribution in [3.63, 3.8) is 0 Å². The Kier molecular flexibility index (Phi) is 1.56.